The van der Waals surface area contributed by atoms with Gasteiger partial charge < -0.3 is 20.5 Å². The summed E-state index contributed by atoms with van der Waals surface area (Å²) in [5.74, 6) is -0.197. The van der Waals surface area contributed by atoms with Gasteiger partial charge in [0.05, 0.1) is 17.8 Å². The molecule has 1 amide bonds. The van der Waals surface area contributed by atoms with Crippen molar-refractivity contribution < 1.29 is 14.6 Å². The van der Waals surface area contributed by atoms with Crippen LogP contribution in [0.25, 0.3) is 0 Å². The first kappa shape index (κ1) is 12.7. The molecule has 5 heteroatoms. The first-order chi connectivity index (χ1) is 8.50. The van der Waals surface area contributed by atoms with Gasteiger partial charge in [0, 0.05) is 19.2 Å². The molecule has 18 heavy (non-hydrogen) atoms. The molecule has 98 valence electrons. The largest absolute Gasteiger partial charge is 0.506 e. The highest BCUT2D eigenvalue weighted by atomic mass is 16.5. The number of hydrogen-bond acceptors (Lipinski definition) is 4. The van der Waals surface area contributed by atoms with Gasteiger partial charge in [0.1, 0.15) is 5.75 Å². The minimum Gasteiger partial charge on any atom is -0.506 e. The molecule has 0 saturated carbocycles. The predicted octanol–water partition coefficient (Wildman–Crippen LogP) is 1.22. The number of nitrogens with zero attached hydrogens (tertiary/aromatic N) is 1. The summed E-state index contributed by atoms with van der Waals surface area (Å²) in [5.41, 5.74) is 6.22. The van der Waals surface area contributed by atoms with Crippen LogP contribution in [0.15, 0.2) is 18.2 Å². The van der Waals surface area contributed by atoms with Crippen molar-refractivity contribution in [1.82, 2.24) is 4.90 Å². The monoisotopic (exact) mass is 250 g/mol. The van der Waals surface area contributed by atoms with Crippen LogP contribution in [-0.2, 0) is 4.74 Å². The zero-order valence-corrected chi connectivity index (χ0v) is 10.6. The minimum atomic E-state index is -0.132. The van der Waals surface area contributed by atoms with E-state index >= 15 is 0 Å². The molecule has 3 N–H and O–H groups in total. The number of hydrogen-bond donors (Lipinski definition) is 2. The van der Waals surface area contributed by atoms with E-state index in [4.69, 9.17) is 10.5 Å². The molecule has 1 fully saturated rings. The summed E-state index contributed by atoms with van der Waals surface area (Å²) < 4.78 is 5.45. The molecule has 2 rings (SSSR count). The molecule has 2 atom stereocenters. The van der Waals surface area contributed by atoms with Crippen molar-refractivity contribution in [1.29, 1.82) is 0 Å². The molecule has 1 aromatic carbocycles. The lowest BCUT2D eigenvalue weighted by molar-refractivity contribution is 0.0574. The van der Waals surface area contributed by atoms with E-state index < -0.39 is 0 Å². The Balaban J connectivity index is 2.17. The summed E-state index contributed by atoms with van der Waals surface area (Å²) in [7, 11) is 1.76. The SMILES string of the molecule is CC1OCCC1N(C)C(=O)c1ccc(N)c(O)c1. The Hall–Kier alpha value is -1.75. The van der Waals surface area contributed by atoms with E-state index in [-0.39, 0.29) is 29.5 Å². The molecule has 5 nitrogen and oxygen atoms in total. The van der Waals surface area contributed by atoms with Gasteiger partial charge in [-0.3, -0.25) is 4.79 Å². The summed E-state index contributed by atoms with van der Waals surface area (Å²) in [4.78, 5) is 13.9. The van der Waals surface area contributed by atoms with Gasteiger partial charge in [-0.05, 0) is 31.5 Å². The lowest BCUT2D eigenvalue weighted by Crippen LogP contribution is -2.40. The fourth-order valence-corrected chi connectivity index (χ4v) is 2.26. The molecule has 0 spiro atoms. The van der Waals surface area contributed by atoms with Crippen LogP contribution in [0.2, 0.25) is 0 Å². The Bertz CT molecular complexity index is 462. The Morgan fingerprint density at radius 1 is 1.56 bits per heavy atom. The maximum atomic E-state index is 12.3. The number of amides is 1. The number of aromatic hydroxyl groups is 1. The Labute approximate surface area is 106 Å². The summed E-state index contributed by atoms with van der Waals surface area (Å²) in [6.07, 6.45) is 0.881. The van der Waals surface area contributed by atoms with Crippen LogP contribution in [0.5, 0.6) is 5.75 Å². The third-order valence-electron chi connectivity index (χ3n) is 3.43. The molecule has 1 heterocycles. The van der Waals surface area contributed by atoms with Crippen LogP contribution in [0, 0.1) is 0 Å². The smallest absolute Gasteiger partial charge is 0.254 e. The van der Waals surface area contributed by atoms with E-state index in [0.717, 1.165) is 6.42 Å². The van der Waals surface area contributed by atoms with Crippen molar-refractivity contribution in [2.75, 3.05) is 19.4 Å². The van der Waals surface area contributed by atoms with Crippen molar-refractivity contribution in [2.24, 2.45) is 0 Å². The molecule has 2 unspecified atom stereocenters. The number of ether oxygens (including phenoxy) is 1. The molecule has 0 radical (unpaired) electrons. The van der Waals surface area contributed by atoms with Gasteiger partial charge >= 0.3 is 0 Å². The molecule has 1 aliphatic rings. The van der Waals surface area contributed by atoms with E-state index in [1.165, 1.54) is 12.1 Å². The van der Waals surface area contributed by atoms with Gasteiger partial charge in [-0.15, -0.1) is 0 Å². The van der Waals surface area contributed by atoms with Crippen LogP contribution >= 0.6 is 0 Å². The average molecular weight is 250 g/mol. The number of rotatable bonds is 2. The number of carbonyl (C=O) groups excluding carboxylic acids is 1. The number of carbonyl (C=O) groups is 1. The third kappa shape index (κ3) is 2.26. The Morgan fingerprint density at radius 2 is 2.28 bits per heavy atom. The van der Waals surface area contributed by atoms with Gasteiger partial charge in [0.2, 0.25) is 0 Å². The second-order valence-corrected chi connectivity index (χ2v) is 4.62. The maximum absolute atomic E-state index is 12.3. The van der Waals surface area contributed by atoms with Crippen LogP contribution in [0.1, 0.15) is 23.7 Å². The molecule has 1 aliphatic heterocycles. The summed E-state index contributed by atoms with van der Waals surface area (Å²) >= 11 is 0. The second kappa shape index (κ2) is 4.86. The highest BCUT2D eigenvalue weighted by Gasteiger charge is 2.31. The Morgan fingerprint density at radius 3 is 2.83 bits per heavy atom. The maximum Gasteiger partial charge on any atom is 0.254 e. The van der Waals surface area contributed by atoms with E-state index in [9.17, 15) is 9.90 Å². The van der Waals surface area contributed by atoms with Crippen LogP contribution in [-0.4, -0.2) is 41.7 Å². The molecule has 1 saturated heterocycles. The molecule has 0 bridgehead atoms. The Kier molecular flexibility index (Phi) is 3.43. The van der Waals surface area contributed by atoms with Crippen molar-refractivity contribution in [3.63, 3.8) is 0 Å². The number of nitrogens with two attached hydrogens (primary N) is 1. The number of benzene rings is 1. The highest BCUT2D eigenvalue weighted by Crippen LogP contribution is 2.24. The standard InChI is InChI=1S/C13H18N2O3/c1-8-11(5-6-18-8)15(2)13(17)9-3-4-10(14)12(16)7-9/h3-4,7-8,11,16H,5-6,14H2,1-2H3. The first-order valence-electron chi connectivity index (χ1n) is 5.98. The lowest BCUT2D eigenvalue weighted by atomic mass is 10.1. The third-order valence-corrected chi connectivity index (χ3v) is 3.43. The van der Waals surface area contributed by atoms with Crippen molar-refractivity contribution in [3.8, 4) is 5.75 Å². The number of phenols is 1. The highest BCUT2D eigenvalue weighted by molar-refractivity contribution is 5.95. The fourth-order valence-electron chi connectivity index (χ4n) is 2.26. The van der Waals surface area contributed by atoms with Gasteiger partial charge in [-0.1, -0.05) is 0 Å². The fraction of sp³-hybridized carbons (Fsp3) is 0.462. The van der Waals surface area contributed by atoms with Gasteiger partial charge in [-0.2, -0.15) is 0 Å². The predicted molar refractivity (Wildman–Crippen MR) is 68.4 cm³/mol. The van der Waals surface area contributed by atoms with E-state index in [0.29, 0.717) is 12.2 Å². The zero-order chi connectivity index (χ0) is 13.3. The van der Waals surface area contributed by atoms with Gasteiger partial charge in [-0.25, -0.2) is 0 Å². The quantitative estimate of drug-likeness (QED) is 0.611. The topological polar surface area (TPSA) is 75.8 Å². The van der Waals surface area contributed by atoms with Crippen molar-refractivity contribution >= 4 is 11.6 Å². The minimum absolute atomic E-state index is 0.0429. The average Bonchev–Trinajstić information content (AvgIpc) is 2.77. The first-order valence-corrected chi connectivity index (χ1v) is 5.98. The van der Waals surface area contributed by atoms with Crippen LogP contribution < -0.4 is 5.73 Å². The molecular formula is C13H18N2O3. The van der Waals surface area contributed by atoms with Crippen molar-refractivity contribution in [3.05, 3.63) is 23.8 Å². The van der Waals surface area contributed by atoms with Crippen LogP contribution in [0.3, 0.4) is 0 Å². The molecule has 0 aliphatic carbocycles. The molecule has 1 aromatic rings. The van der Waals surface area contributed by atoms with E-state index in [1.807, 2.05) is 6.92 Å². The van der Waals surface area contributed by atoms with E-state index in [1.54, 1.807) is 18.0 Å². The lowest BCUT2D eigenvalue weighted by Gasteiger charge is -2.26. The number of phenolic OH excluding ortho intramolecular Hbond substituents is 1. The van der Waals surface area contributed by atoms with E-state index in [2.05, 4.69) is 0 Å². The normalized spacial score (nSPS) is 23.0. The number of anilines is 1. The van der Waals surface area contributed by atoms with Crippen molar-refractivity contribution in [2.45, 2.75) is 25.5 Å². The molecule has 0 aromatic heterocycles. The number of nitrogen functional groups attached to an aromatic ring is 1. The van der Waals surface area contributed by atoms with Crippen LogP contribution in [0.4, 0.5) is 5.69 Å². The van der Waals surface area contributed by atoms with Gasteiger partial charge in [0.25, 0.3) is 5.91 Å². The summed E-state index contributed by atoms with van der Waals surface area (Å²) in [6, 6.07) is 4.63. The number of likely N-dealkylation sites (N-methyl/N-ethyl adjacent to an activating group) is 1. The zero-order valence-electron chi connectivity index (χ0n) is 10.6. The summed E-state index contributed by atoms with van der Waals surface area (Å²) in [5, 5.41) is 9.53. The molecular weight excluding hydrogens is 232 g/mol. The van der Waals surface area contributed by atoms with Gasteiger partial charge in [0.15, 0.2) is 0 Å². The summed E-state index contributed by atoms with van der Waals surface area (Å²) in [6.45, 7) is 2.64. The second-order valence-electron chi connectivity index (χ2n) is 4.62.